The maximum absolute atomic E-state index is 12.2. The molecule has 5 heteroatoms. The van der Waals surface area contributed by atoms with Gasteiger partial charge in [0, 0.05) is 43.5 Å². The summed E-state index contributed by atoms with van der Waals surface area (Å²) in [6.45, 7) is 1.76. The number of fused-ring (bicyclic) bond motifs is 1. The van der Waals surface area contributed by atoms with E-state index in [2.05, 4.69) is 27.4 Å². The summed E-state index contributed by atoms with van der Waals surface area (Å²) in [6.07, 6.45) is 3.89. The first-order chi connectivity index (χ1) is 9.66. The Morgan fingerprint density at radius 3 is 3.10 bits per heavy atom. The van der Waals surface area contributed by atoms with Crippen molar-refractivity contribution in [1.29, 1.82) is 0 Å². The average molecular weight is 289 g/mol. The predicted molar refractivity (Wildman–Crippen MR) is 83.3 cm³/mol. The van der Waals surface area contributed by atoms with Crippen LogP contribution < -0.4 is 4.90 Å². The molecule has 0 saturated carbocycles. The van der Waals surface area contributed by atoms with Crippen LogP contribution in [-0.4, -0.2) is 43.0 Å². The number of anilines is 1. The van der Waals surface area contributed by atoms with Gasteiger partial charge in [-0.3, -0.25) is 4.79 Å². The third-order valence-corrected chi connectivity index (χ3v) is 4.75. The van der Waals surface area contributed by atoms with Crippen LogP contribution in [0.2, 0.25) is 0 Å². The first kappa shape index (κ1) is 13.4. The highest BCUT2D eigenvalue weighted by Crippen LogP contribution is 2.31. The zero-order valence-electron chi connectivity index (χ0n) is 11.9. The minimum atomic E-state index is 0.0921. The third kappa shape index (κ3) is 2.38. The summed E-state index contributed by atoms with van der Waals surface area (Å²) >= 11 is 1.74. The Hall–Kier alpha value is -1.62. The van der Waals surface area contributed by atoms with Gasteiger partial charge in [0.2, 0.25) is 5.91 Å². The van der Waals surface area contributed by atoms with Crippen molar-refractivity contribution in [2.45, 2.75) is 12.8 Å². The van der Waals surface area contributed by atoms with E-state index in [9.17, 15) is 4.79 Å². The van der Waals surface area contributed by atoms with Gasteiger partial charge in [-0.2, -0.15) is 0 Å². The maximum atomic E-state index is 12.2. The Bertz CT molecular complexity index is 622. The molecule has 1 aliphatic heterocycles. The van der Waals surface area contributed by atoms with Crippen LogP contribution in [0.5, 0.6) is 0 Å². The first-order valence-electron chi connectivity index (χ1n) is 6.95. The van der Waals surface area contributed by atoms with Crippen LogP contribution in [0.3, 0.4) is 0 Å². The van der Waals surface area contributed by atoms with Crippen LogP contribution in [0.4, 0.5) is 5.82 Å². The van der Waals surface area contributed by atoms with E-state index in [0.717, 1.165) is 31.7 Å². The molecule has 2 aromatic heterocycles. The Morgan fingerprint density at radius 1 is 1.45 bits per heavy atom. The molecule has 20 heavy (non-hydrogen) atoms. The van der Waals surface area contributed by atoms with Crippen molar-refractivity contribution in [3.05, 3.63) is 23.7 Å². The maximum Gasteiger partial charge on any atom is 0.226 e. The Kier molecular flexibility index (Phi) is 3.61. The normalized spacial score (nSPS) is 19.3. The van der Waals surface area contributed by atoms with E-state index in [-0.39, 0.29) is 11.8 Å². The second kappa shape index (κ2) is 5.40. The average Bonchev–Trinajstić information content (AvgIpc) is 2.94. The van der Waals surface area contributed by atoms with E-state index in [1.807, 2.05) is 20.3 Å². The SMILES string of the molecule is CN(C)C(=O)C1CCCN(c2nccc3sccc23)C1. The fourth-order valence-electron chi connectivity index (χ4n) is 2.87. The summed E-state index contributed by atoms with van der Waals surface area (Å²) in [6, 6.07) is 4.18. The highest BCUT2D eigenvalue weighted by Gasteiger charge is 2.28. The monoisotopic (exact) mass is 289 g/mol. The molecule has 2 aromatic rings. The van der Waals surface area contributed by atoms with Gasteiger partial charge in [0.15, 0.2) is 0 Å². The van der Waals surface area contributed by atoms with Crippen LogP contribution >= 0.6 is 11.3 Å². The quantitative estimate of drug-likeness (QED) is 0.852. The van der Waals surface area contributed by atoms with Crippen molar-refractivity contribution in [1.82, 2.24) is 9.88 Å². The van der Waals surface area contributed by atoms with Crippen LogP contribution in [0.25, 0.3) is 10.1 Å². The lowest BCUT2D eigenvalue weighted by Gasteiger charge is -2.34. The number of aromatic nitrogens is 1. The summed E-state index contributed by atoms with van der Waals surface area (Å²) in [4.78, 5) is 20.7. The molecule has 0 spiro atoms. The zero-order chi connectivity index (χ0) is 14.1. The lowest BCUT2D eigenvalue weighted by molar-refractivity contribution is -0.133. The smallest absolute Gasteiger partial charge is 0.226 e. The molecule has 106 valence electrons. The number of piperidine rings is 1. The molecule has 1 aliphatic rings. The van der Waals surface area contributed by atoms with Crippen molar-refractivity contribution in [2.24, 2.45) is 5.92 Å². The minimum Gasteiger partial charge on any atom is -0.355 e. The Balaban J connectivity index is 1.87. The van der Waals surface area contributed by atoms with Crippen molar-refractivity contribution >= 4 is 33.1 Å². The van der Waals surface area contributed by atoms with Gasteiger partial charge in [-0.25, -0.2) is 4.98 Å². The number of rotatable bonds is 2. The standard InChI is InChI=1S/C15H19N3OS/c1-17(2)15(19)11-4-3-8-18(10-11)14-12-6-9-20-13(12)5-7-16-14/h5-7,9,11H,3-4,8,10H2,1-2H3. The molecule has 0 N–H and O–H groups in total. The van der Waals surface area contributed by atoms with Crippen molar-refractivity contribution in [2.75, 3.05) is 32.1 Å². The molecule has 3 rings (SSSR count). The largest absolute Gasteiger partial charge is 0.355 e. The summed E-state index contributed by atoms with van der Waals surface area (Å²) in [5.74, 6) is 1.35. The summed E-state index contributed by atoms with van der Waals surface area (Å²) in [7, 11) is 3.66. The molecule has 0 bridgehead atoms. The summed E-state index contributed by atoms with van der Waals surface area (Å²) < 4.78 is 1.26. The van der Waals surface area contributed by atoms with Gasteiger partial charge in [0.25, 0.3) is 0 Å². The van der Waals surface area contributed by atoms with Crippen molar-refractivity contribution in [3.8, 4) is 0 Å². The molecule has 1 amide bonds. The van der Waals surface area contributed by atoms with E-state index >= 15 is 0 Å². The molecular weight excluding hydrogens is 270 g/mol. The number of nitrogens with zero attached hydrogens (tertiary/aromatic N) is 3. The topological polar surface area (TPSA) is 36.4 Å². The van der Waals surface area contributed by atoms with E-state index in [1.165, 1.54) is 10.1 Å². The Morgan fingerprint density at radius 2 is 2.30 bits per heavy atom. The van der Waals surface area contributed by atoms with Gasteiger partial charge in [-0.1, -0.05) is 0 Å². The van der Waals surface area contributed by atoms with Gasteiger partial charge in [0.05, 0.1) is 5.92 Å². The first-order valence-corrected chi connectivity index (χ1v) is 7.83. The molecule has 4 nitrogen and oxygen atoms in total. The van der Waals surface area contributed by atoms with Gasteiger partial charge in [0.1, 0.15) is 5.82 Å². The molecule has 0 radical (unpaired) electrons. The van der Waals surface area contributed by atoms with Gasteiger partial charge < -0.3 is 9.80 Å². The highest BCUT2D eigenvalue weighted by atomic mass is 32.1. The number of hydrogen-bond acceptors (Lipinski definition) is 4. The van der Waals surface area contributed by atoms with Gasteiger partial charge >= 0.3 is 0 Å². The number of pyridine rings is 1. The van der Waals surface area contributed by atoms with E-state index in [4.69, 9.17) is 0 Å². The van der Waals surface area contributed by atoms with Crippen molar-refractivity contribution in [3.63, 3.8) is 0 Å². The fraction of sp³-hybridized carbons (Fsp3) is 0.467. The molecule has 1 atom stereocenters. The molecule has 3 heterocycles. The number of thiophene rings is 1. The van der Waals surface area contributed by atoms with E-state index in [0.29, 0.717) is 0 Å². The molecule has 1 saturated heterocycles. The number of amides is 1. The Labute approximate surface area is 123 Å². The number of hydrogen-bond donors (Lipinski definition) is 0. The number of carbonyl (C=O) groups is 1. The molecule has 0 aliphatic carbocycles. The predicted octanol–water partition coefficient (Wildman–Crippen LogP) is 2.60. The van der Waals surface area contributed by atoms with Crippen LogP contribution in [0, 0.1) is 5.92 Å². The van der Waals surface area contributed by atoms with E-state index in [1.54, 1.807) is 16.2 Å². The van der Waals surface area contributed by atoms with Crippen LogP contribution in [-0.2, 0) is 4.79 Å². The van der Waals surface area contributed by atoms with Gasteiger partial charge in [-0.05, 0) is 30.4 Å². The van der Waals surface area contributed by atoms with Crippen LogP contribution in [0.15, 0.2) is 23.7 Å². The van der Waals surface area contributed by atoms with Crippen molar-refractivity contribution < 1.29 is 4.79 Å². The second-order valence-corrected chi connectivity index (χ2v) is 6.43. The summed E-state index contributed by atoms with van der Waals surface area (Å²) in [5, 5.41) is 3.30. The van der Waals surface area contributed by atoms with Gasteiger partial charge in [-0.15, -0.1) is 11.3 Å². The molecule has 1 fully saturated rings. The third-order valence-electron chi connectivity index (χ3n) is 3.87. The van der Waals surface area contributed by atoms with Crippen LogP contribution in [0.1, 0.15) is 12.8 Å². The lowest BCUT2D eigenvalue weighted by Crippen LogP contribution is -2.43. The second-order valence-electron chi connectivity index (χ2n) is 5.48. The highest BCUT2D eigenvalue weighted by molar-refractivity contribution is 7.17. The number of carbonyl (C=O) groups excluding carboxylic acids is 1. The zero-order valence-corrected chi connectivity index (χ0v) is 12.7. The molecule has 0 aromatic carbocycles. The minimum absolute atomic E-state index is 0.0921. The molecular formula is C15H19N3OS. The lowest BCUT2D eigenvalue weighted by atomic mass is 9.96. The summed E-state index contributed by atoms with van der Waals surface area (Å²) in [5.41, 5.74) is 0. The fourth-order valence-corrected chi connectivity index (χ4v) is 3.64. The molecule has 1 unspecified atom stereocenters. The van der Waals surface area contributed by atoms with E-state index < -0.39 is 0 Å².